The maximum absolute atomic E-state index is 12.0. The fourth-order valence-corrected chi connectivity index (χ4v) is 2.37. The zero-order valence-corrected chi connectivity index (χ0v) is 12.9. The van der Waals surface area contributed by atoms with Crippen molar-refractivity contribution in [1.82, 2.24) is 24.2 Å². The Balaban J connectivity index is 2.11. The van der Waals surface area contributed by atoms with Gasteiger partial charge in [-0.15, -0.1) is 0 Å². The molecule has 114 valence electrons. The zero-order chi connectivity index (χ0) is 15.6. The summed E-state index contributed by atoms with van der Waals surface area (Å²) in [6, 6.07) is 0. The van der Waals surface area contributed by atoms with Crippen LogP contribution in [0, 0.1) is 0 Å². The highest BCUT2D eigenvalue weighted by atomic mass is 16.2. The van der Waals surface area contributed by atoms with E-state index in [-0.39, 0.29) is 11.2 Å². The molecule has 0 spiro atoms. The number of rotatable bonds is 5. The van der Waals surface area contributed by atoms with E-state index in [4.69, 9.17) is 0 Å². The van der Waals surface area contributed by atoms with Crippen molar-refractivity contribution in [2.24, 2.45) is 21.1 Å². The van der Waals surface area contributed by atoms with Gasteiger partial charge in [0.2, 0.25) is 0 Å². The molecule has 0 saturated heterocycles. The van der Waals surface area contributed by atoms with Gasteiger partial charge in [0.15, 0.2) is 0 Å². The van der Waals surface area contributed by atoms with Gasteiger partial charge in [-0.2, -0.15) is 5.10 Å². The molecule has 0 saturated carbocycles. The second-order valence-corrected chi connectivity index (χ2v) is 5.14. The maximum Gasteiger partial charge on any atom is 0.330 e. The summed E-state index contributed by atoms with van der Waals surface area (Å²) in [6.45, 7) is 3.12. The third kappa shape index (κ3) is 3.13. The van der Waals surface area contributed by atoms with Gasteiger partial charge >= 0.3 is 5.69 Å². The average molecular weight is 291 g/mol. The van der Waals surface area contributed by atoms with E-state index < -0.39 is 0 Å². The number of hydrogen-bond acceptors (Lipinski definition) is 4. The van der Waals surface area contributed by atoms with Gasteiger partial charge in [0.1, 0.15) is 0 Å². The van der Waals surface area contributed by atoms with E-state index in [1.807, 2.05) is 13.2 Å². The van der Waals surface area contributed by atoms with Crippen LogP contribution in [0.3, 0.4) is 0 Å². The second-order valence-electron chi connectivity index (χ2n) is 5.14. The highest BCUT2D eigenvalue weighted by Gasteiger charge is 2.08. The summed E-state index contributed by atoms with van der Waals surface area (Å²) in [5, 5.41) is 7.62. The van der Waals surface area contributed by atoms with Crippen molar-refractivity contribution in [3.63, 3.8) is 0 Å². The van der Waals surface area contributed by atoms with E-state index >= 15 is 0 Å². The SMILES string of the molecule is CCc1nn(C)cc1CNCc1cn(C)c(=O)n(C)c1=O. The molecule has 2 aromatic heterocycles. The first kappa shape index (κ1) is 15.2. The summed E-state index contributed by atoms with van der Waals surface area (Å²) in [6.07, 6.45) is 4.44. The van der Waals surface area contributed by atoms with Crippen LogP contribution < -0.4 is 16.6 Å². The van der Waals surface area contributed by atoms with E-state index in [2.05, 4.69) is 17.3 Å². The van der Waals surface area contributed by atoms with E-state index in [1.165, 1.54) is 11.6 Å². The first-order valence-corrected chi connectivity index (χ1v) is 6.91. The summed E-state index contributed by atoms with van der Waals surface area (Å²) in [7, 11) is 5.03. The first-order valence-electron chi connectivity index (χ1n) is 6.91. The predicted molar refractivity (Wildman–Crippen MR) is 80.1 cm³/mol. The summed E-state index contributed by atoms with van der Waals surface area (Å²) < 4.78 is 4.33. The Hall–Kier alpha value is -2.15. The van der Waals surface area contributed by atoms with Crippen molar-refractivity contribution in [1.29, 1.82) is 0 Å². The third-order valence-corrected chi connectivity index (χ3v) is 3.48. The Morgan fingerprint density at radius 1 is 1.10 bits per heavy atom. The van der Waals surface area contributed by atoms with E-state index in [0.717, 1.165) is 22.2 Å². The Bertz CT molecular complexity index is 754. The van der Waals surface area contributed by atoms with Crippen molar-refractivity contribution in [3.05, 3.63) is 50.1 Å². The summed E-state index contributed by atoms with van der Waals surface area (Å²) >= 11 is 0. The minimum Gasteiger partial charge on any atom is -0.308 e. The van der Waals surface area contributed by atoms with Crippen LogP contribution in [0.15, 0.2) is 22.0 Å². The first-order chi connectivity index (χ1) is 9.93. The molecule has 2 heterocycles. The van der Waals surface area contributed by atoms with Crippen LogP contribution in [0.4, 0.5) is 0 Å². The molecule has 0 aliphatic rings. The monoisotopic (exact) mass is 291 g/mol. The summed E-state index contributed by atoms with van der Waals surface area (Å²) in [5.74, 6) is 0. The molecule has 21 heavy (non-hydrogen) atoms. The van der Waals surface area contributed by atoms with Crippen molar-refractivity contribution < 1.29 is 0 Å². The average Bonchev–Trinajstić information content (AvgIpc) is 2.82. The van der Waals surface area contributed by atoms with Gasteiger partial charge in [0.25, 0.3) is 5.56 Å². The van der Waals surface area contributed by atoms with Crippen LogP contribution in [0.1, 0.15) is 23.7 Å². The van der Waals surface area contributed by atoms with Crippen LogP contribution >= 0.6 is 0 Å². The van der Waals surface area contributed by atoms with Gasteiger partial charge < -0.3 is 9.88 Å². The lowest BCUT2D eigenvalue weighted by Crippen LogP contribution is -2.39. The molecule has 0 fully saturated rings. The number of aryl methyl sites for hydroxylation is 3. The lowest BCUT2D eigenvalue weighted by molar-refractivity contribution is 0.629. The molecule has 2 rings (SSSR count). The minimum absolute atomic E-state index is 0.257. The van der Waals surface area contributed by atoms with E-state index in [9.17, 15) is 9.59 Å². The number of hydrogen-bond donors (Lipinski definition) is 1. The van der Waals surface area contributed by atoms with Gasteiger partial charge in [0, 0.05) is 57.8 Å². The number of nitrogens with one attached hydrogen (secondary N) is 1. The van der Waals surface area contributed by atoms with Gasteiger partial charge in [-0.3, -0.25) is 14.0 Å². The Morgan fingerprint density at radius 2 is 1.76 bits per heavy atom. The van der Waals surface area contributed by atoms with Crippen molar-refractivity contribution in [2.45, 2.75) is 26.4 Å². The fraction of sp³-hybridized carbons (Fsp3) is 0.500. The largest absolute Gasteiger partial charge is 0.330 e. The van der Waals surface area contributed by atoms with Crippen LogP contribution in [0.25, 0.3) is 0 Å². The fourth-order valence-electron chi connectivity index (χ4n) is 2.37. The Kier molecular flexibility index (Phi) is 4.42. The summed E-state index contributed by atoms with van der Waals surface area (Å²) in [4.78, 5) is 23.6. The maximum atomic E-state index is 12.0. The van der Waals surface area contributed by atoms with Crippen molar-refractivity contribution >= 4 is 0 Å². The quantitative estimate of drug-likeness (QED) is 0.818. The summed E-state index contributed by atoms with van der Waals surface area (Å²) in [5.41, 5.74) is 2.18. The molecule has 0 aliphatic heterocycles. The van der Waals surface area contributed by atoms with Crippen molar-refractivity contribution in [3.8, 4) is 0 Å². The molecule has 0 aliphatic carbocycles. The molecular weight excluding hydrogens is 270 g/mol. The molecule has 7 nitrogen and oxygen atoms in total. The van der Waals surface area contributed by atoms with Crippen LogP contribution in [-0.4, -0.2) is 18.9 Å². The topological polar surface area (TPSA) is 73.8 Å². The lowest BCUT2D eigenvalue weighted by Gasteiger charge is -2.08. The molecule has 0 atom stereocenters. The second kappa shape index (κ2) is 6.09. The smallest absolute Gasteiger partial charge is 0.308 e. The molecule has 0 unspecified atom stereocenters. The molecule has 0 aromatic carbocycles. The molecule has 0 bridgehead atoms. The number of nitrogens with zero attached hydrogens (tertiary/aromatic N) is 4. The van der Waals surface area contributed by atoms with Gasteiger partial charge in [-0.1, -0.05) is 6.92 Å². The van der Waals surface area contributed by atoms with E-state index in [1.54, 1.807) is 17.9 Å². The number of aromatic nitrogens is 4. The van der Waals surface area contributed by atoms with Crippen LogP contribution in [-0.2, 0) is 40.7 Å². The van der Waals surface area contributed by atoms with Crippen molar-refractivity contribution in [2.75, 3.05) is 0 Å². The van der Waals surface area contributed by atoms with Gasteiger partial charge in [-0.05, 0) is 6.42 Å². The van der Waals surface area contributed by atoms with Crippen LogP contribution in [0.5, 0.6) is 0 Å². The molecule has 0 radical (unpaired) electrons. The third-order valence-electron chi connectivity index (χ3n) is 3.48. The highest BCUT2D eigenvalue weighted by Crippen LogP contribution is 2.06. The molecule has 2 aromatic rings. The lowest BCUT2D eigenvalue weighted by atomic mass is 10.2. The Labute approximate surface area is 122 Å². The molecular formula is C14H21N5O2. The van der Waals surface area contributed by atoms with Gasteiger partial charge in [-0.25, -0.2) is 4.79 Å². The molecule has 0 amide bonds. The highest BCUT2D eigenvalue weighted by molar-refractivity contribution is 5.17. The zero-order valence-electron chi connectivity index (χ0n) is 12.9. The molecule has 7 heteroatoms. The van der Waals surface area contributed by atoms with Gasteiger partial charge in [0.05, 0.1) is 5.69 Å². The molecule has 1 N–H and O–H groups in total. The van der Waals surface area contributed by atoms with Crippen LogP contribution in [0.2, 0.25) is 0 Å². The Morgan fingerprint density at radius 3 is 2.43 bits per heavy atom. The predicted octanol–water partition coefficient (Wildman–Crippen LogP) is -0.330. The van der Waals surface area contributed by atoms with E-state index in [0.29, 0.717) is 18.7 Å². The standard InChI is InChI=1S/C14H21N5O2/c1-5-12-10(9-18(3)16-12)6-15-7-11-8-17(2)14(21)19(4)13(11)20/h8-9,15H,5-7H2,1-4H3. The normalized spacial score (nSPS) is 11.0. The minimum atomic E-state index is -0.315.